The van der Waals surface area contributed by atoms with Crippen molar-refractivity contribution in [1.29, 1.82) is 0 Å². The van der Waals surface area contributed by atoms with Crippen LogP contribution >= 0.6 is 0 Å². The number of amides is 2. The van der Waals surface area contributed by atoms with E-state index in [2.05, 4.69) is 4.90 Å². The predicted octanol–water partition coefficient (Wildman–Crippen LogP) is 1.11. The summed E-state index contributed by atoms with van der Waals surface area (Å²) in [6.45, 7) is 7.35. The van der Waals surface area contributed by atoms with E-state index in [1.807, 2.05) is 13.8 Å². The zero-order valence-corrected chi connectivity index (χ0v) is 10.8. The minimum Gasteiger partial charge on any atom is -0.302 e. The lowest BCUT2D eigenvalue weighted by molar-refractivity contribution is -0.140. The Kier molecular flexibility index (Phi) is 3.82. The van der Waals surface area contributed by atoms with Gasteiger partial charge in [0, 0.05) is 24.9 Å². The molecule has 2 unspecified atom stereocenters. The van der Waals surface area contributed by atoms with Crippen molar-refractivity contribution in [1.82, 2.24) is 9.80 Å². The van der Waals surface area contributed by atoms with E-state index < -0.39 is 0 Å². The maximum atomic E-state index is 11.9. The van der Waals surface area contributed by atoms with Gasteiger partial charge in [-0.25, -0.2) is 0 Å². The van der Waals surface area contributed by atoms with Gasteiger partial charge < -0.3 is 4.90 Å². The summed E-state index contributed by atoms with van der Waals surface area (Å²) in [4.78, 5) is 27.6. The van der Waals surface area contributed by atoms with Gasteiger partial charge >= 0.3 is 0 Å². The molecule has 0 saturated carbocycles. The fraction of sp³-hybridized carbons (Fsp3) is 0.846. The lowest BCUT2D eigenvalue weighted by Crippen LogP contribution is -2.40. The highest BCUT2D eigenvalue weighted by Gasteiger charge is 2.41. The maximum absolute atomic E-state index is 11.9. The zero-order chi connectivity index (χ0) is 12.4. The molecule has 2 fully saturated rings. The molecule has 2 saturated heterocycles. The lowest BCUT2D eigenvalue weighted by Gasteiger charge is -2.28. The molecule has 0 aromatic rings. The standard InChI is InChI=1S/C13H22N2O2/c1-10-11(2)13(17)15(12(10)16)9-8-14-6-4-3-5-7-14/h10-11H,3-9H2,1-2H3. The monoisotopic (exact) mass is 238 g/mol. The molecule has 0 aromatic heterocycles. The summed E-state index contributed by atoms with van der Waals surface area (Å²) < 4.78 is 0. The third-order valence-corrected chi connectivity index (χ3v) is 4.15. The van der Waals surface area contributed by atoms with E-state index in [1.165, 1.54) is 24.2 Å². The number of piperidine rings is 1. The summed E-state index contributed by atoms with van der Waals surface area (Å²) in [6, 6.07) is 0. The van der Waals surface area contributed by atoms with Gasteiger partial charge in [-0.3, -0.25) is 14.5 Å². The number of carbonyl (C=O) groups excluding carboxylic acids is 2. The number of nitrogens with zero attached hydrogens (tertiary/aromatic N) is 2. The van der Waals surface area contributed by atoms with Gasteiger partial charge in [0.25, 0.3) is 0 Å². The van der Waals surface area contributed by atoms with Crippen LogP contribution < -0.4 is 0 Å². The van der Waals surface area contributed by atoms with Gasteiger partial charge in [-0.05, 0) is 25.9 Å². The molecule has 2 amide bonds. The first kappa shape index (κ1) is 12.6. The van der Waals surface area contributed by atoms with Crippen LogP contribution in [0, 0.1) is 11.8 Å². The number of hydrogen-bond donors (Lipinski definition) is 0. The van der Waals surface area contributed by atoms with Crippen LogP contribution in [0.4, 0.5) is 0 Å². The van der Waals surface area contributed by atoms with Gasteiger partial charge in [-0.1, -0.05) is 20.3 Å². The molecular formula is C13H22N2O2. The van der Waals surface area contributed by atoms with Gasteiger partial charge in [-0.2, -0.15) is 0 Å². The minimum absolute atomic E-state index is 0.0134. The molecule has 4 heteroatoms. The Morgan fingerprint density at radius 2 is 1.47 bits per heavy atom. The molecule has 0 spiro atoms. The van der Waals surface area contributed by atoms with Crippen LogP contribution in [0.2, 0.25) is 0 Å². The molecule has 2 aliphatic heterocycles. The largest absolute Gasteiger partial charge is 0.302 e. The van der Waals surface area contributed by atoms with E-state index in [0.29, 0.717) is 6.54 Å². The van der Waals surface area contributed by atoms with E-state index in [-0.39, 0.29) is 23.7 Å². The van der Waals surface area contributed by atoms with E-state index in [4.69, 9.17) is 0 Å². The first-order valence-electron chi connectivity index (χ1n) is 6.69. The molecule has 17 heavy (non-hydrogen) atoms. The van der Waals surface area contributed by atoms with E-state index in [1.54, 1.807) is 0 Å². The van der Waals surface area contributed by atoms with Crippen molar-refractivity contribution < 1.29 is 9.59 Å². The van der Waals surface area contributed by atoms with E-state index in [9.17, 15) is 9.59 Å². The average Bonchev–Trinajstić information content (AvgIpc) is 2.54. The maximum Gasteiger partial charge on any atom is 0.232 e. The Morgan fingerprint density at radius 1 is 0.941 bits per heavy atom. The molecule has 0 aromatic carbocycles. The summed E-state index contributed by atoms with van der Waals surface area (Å²) in [5, 5.41) is 0. The molecule has 2 heterocycles. The van der Waals surface area contributed by atoms with E-state index >= 15 is 0 Å². The highest BCUT2D eigenvalue weighted by Crippen LogP contribution is 2.25. The van der Waals surface area contributed by atoms with Crippen molar-refractivity contribution >= 4 is 11.8 Å². The number of hydrogen-bond acceptors (Lipinski definition) is 3. The topological polar surface area (TPSA) is 40.6 Å². The minimum atomic E-state index is -0.135. The van der Waals surface area contributed by atoms with E-state index in [0.717, 1.165) is 19.6 Å². The fourth-order valence-corrected chi connectivity index (χ4v) is 2.67. The van der Waals surface area contributed by atoms with Crippen molar-refractivity contribution in [3.8, 4) is 0 Å². The lowest BCUT2D eigenvalue weighted by atomic mass is 10.00. The molecule has 96 valence electrons. The number of imide groups is 1. The fourth-order valence-electron chi connectivity index (χ4n) is 2.67. The predicted molar refractivity (Wildman–Crippen MR) is 65.3 cm³/mol. The van der Waals surface area contributed by atoms with Gasteiger partial charge in [0.05, 0.1) is 0 Å². The average molecular weight is 238 g/mol. The molecule has 0 radical (unpaired) electrons. The Hall–Kier alpha value is -0.900. The van der Waals surface area contributed by atoms with Gasteiger partial charge in [0.2, 0.25) is 11.8 Å². The van der Waals surface area contributed by atoms with Crippen molar-refractivity contribution in [2.75, 3.05) is 26.2 Å². The van der Waals surface area contributed by atoms with Crippen LogP contribution in [0.5, 0.6) is 0 Å². The molecule has 2 aliphatic rings. The summed E-state index contributed by atoms with van der Waals surface area (Å²) in [7, 11) is 0. The van der Waals surface area contributed by atoms with Gasteiger partial charge in [0.1, 0.15) is 0 Å². The third kappa shape index (κ3) is 2.51. The van der Waals surface area contributed by atoms with Crippen LogP contribution in [-0.2, 0) is 9.59 Å². The van der Waals surface area contributed by atoms with Crippen molar-refractivity contribution in [3.63, 3.8) is 0 Å². The van der Waals surface area contributed by atoms with Crippen molar-refractivity contribution in [2.24, 2.45) is 11.8 Å². The SMILES string of the molecule is CC1C(=O)N(CCN2CCCCC2)C(=O)C1C. The highest BCUT2D eigenvalue weighted by atomic mass is 16.2. The second-order valence-electron chi connectivity index (χ2n) is 5.31. The van der Waals surface area contributed by atoms with Crippen LogP contribution in [-0.4, -0.2) is 47.8 Å². The summed E-state index contributed by atoms with van der Waals surface area (Å²) in [5.41, 5.74) is 0. The van der Waals surface area contributed by atoms with Crippen LogP contribution in [0.3, 0.4) is 0 Å². The quantitative estimate of drug-likeness (QED) is 0.692. The summed E-state index contributed by atoms with van der Waals surface area (Å²) >= 11 is 0. The summed E-state index contributed by atoms with van der Waals surface area (Å²) in [5.74, 6) is -0.244. The van der Waals surface area contributed by atoms with Crippen LogP contribution in [0.15, 0.2) is 0 Å². The van der Waals surface area contributed by atoms with Crippen molar-refractivity contribution in [2.45, 2.75) is 33.1 Å². The molecule has 0 N–H and O–H groups in total. The Balaban J connectivity index is 1.86. The number of likely N-dealkylation sites (tertiary alicyclic amines) is 2. The first-order valence-corrected chi connectivity index (χ1v) is 6.69. The zero-order valence-electron chi connectivity index (χ0n) is 10.8. The van der Waals surface area contributed by atoms with Gasteiger partial charge in [0.15, 0.2) is 0 Å². The molecule has 0 bridgehead atoms. The number of carbonyl (C=O) groups is 2. The highest BCUT2D eigenvalue weighted by molar-refractivity contribution is 6.04. The normalized spacial score (nSPS) is 31.3. The second kappa shape index (κ2) is 5.17. The molecule has 4 nitrogen and oxygen atoms in total. The third-order valence-electron chi connectivity index (χ3n) is 4.15. The molecule has 2 rings (SSSR count). The second-order valence-corrected chi connectivity index (χ2v) is 5.31. The first-order chi connectivity index (χ1) is 8.11. The Bertz CT molecular complexity index is 291. The Labute approximate surface area is 103 Å². The van der Waals surface area contributed by atoms with Crippen LogP contribution in [0.25, 0.3) is 0 Å². The van der Waals surface area contributed by atoms with Crippen LogP contribution in [0.1, 0.15) is 33.1 Å². The number of rotatable bonds is 3. The summed E-state index contributed by atoms with van der Waals surface area (Å²) in [6.07, 6.45) is 3.80. The Morgan fingerprint density at radius 3 is 2.00 bits per heavy atom. The van der Waals surface area contributed by atoms with Gasteiger partial charge in [-0.15, -0.1) is 0 Å². The van der Waals surface area contributed by atoms with Crippen molar-refractivity contribution in [3.05, 3.63) is 0 Å². The molecule has 0 aliphatic carbocycles. The smallest absolute Gasteiger partial charge is 0.232 e. The molecule has 2 atom stereocenters. The molecular weight excluding hydrogens is 216 g/mol.